The van der Waals surface area contributed by atoms with E-state index in [9.17, 15) is 13.6 Å². The first kappa shape index (κ1) is 10.4. The summed E-state index contributed by atoms with van der Waals surface area (Å²) in [5.74, 6) is -2.87. The van der Waals surface area contributed by atoms with Crippen LogP contribution < -0.4 is 0 Å². The molecule has 1 aliphatic rings. The second-order valence-electron chi connectivity index (χ2n) is 4.58. The van der Waals surface area contributed by atoms with Crippen LogP contribution in [-0.2, 0) is 4.79 Å². The van der Waals surface area contributed by atoms with Gasteiger partial charge in [-0.2, -0.15) is 0 Å². The fourth-order valence-corrected chi connectivity index (χ4v) is 1.38. The van der Waals surface area contributed by atoms with Crippen LogP contribution in [0.2, 0.25) is 0 Å². The van der Waals surface area contributed by atoms with Crippen molar-refractivity contribution in [2.75, 3.05) is 13.1 Å². The van der Waals surface area contributed by atoms with Crippen LogP contribution in [0, 0.1) is 5.41 Å². The predicted molar refractivity (Wildman–Crippen MR) is 45.6 cm³/mol. The van der Waals surface area contributed by atoms with Gasteiger partial charge in [-0.25, -0.2) is 8.78 Å². The summed E-state index contributed by atoms with van der Waals surface area (Å²) >= 11 is 0. The molecule has 0 saturated carbocycles. The minimum absolute atomic E-state index is 0.184. The molecule has 1 saturated heterocycles. The number of amides is 1. The quantitative estimate of drug-likeness (QED) is 0.572. The summed E-state index contributed by atoms with van der Waals surface area (Å²) in [6, 6.07) is 0. The maximum Gasteiger partial charge on any atom is 0.267 e. The second kappa shape index (κ2) is 2.93. The number of carbonyl (C=O) groups is 1. The van der Waals surface area contributed by atoms with Crippen molar-refractivity contribution in [1.82, 2.24) is 4.90 Å². The van der Waals surface area contributed by atoms with Crippen LogP contribution in [0.5, 0.6) is 0 Å². The van der Waals surface area contributed by atoms with Crippen molar-refractivity contribution in [3.8, 4) is 0 Å². The lowest BCUT2D eigenvalue weighted by Crippen LogP contribution is -2.39. The molecule has 76 valence electrons. The molecule has 0 unspecified atom stereocenters. The zero-order valence-electron chi connectivity index (χ0n) is 8.23. The number of carbonyl (C=O) groups excluding carboxylic acids is 1. The Kier molecular flexibility index (Phi) is 2.34. The van der Waals surface area contributed by atoms with Gasteiger partial charge in [-0.3, -0.25) is 4.79 Å². The molecule has 2 nitrogen and oxygen atoms in total. The first-order chi connectivity index (χ1) is 5.72. The molecule has 0 spiro atoms. The first-order valence-electron chi connectivity index (χ1n) is 4.40. The minimum atomic E-state index is -2.68. The van der Waals surface area contributed by atoms with Gasteiger partial charge in [-0.15, -0.1) is 0 Å². The number of hydrogen-bond donors (Lipinski definition) is 0. The Bertz CT molecular complexity index is 220. The highest BCUT2D eigenvalue weighted by Gasteiger charge is 2.42. The van der Waals surface area contributed by atoms with Gasteiger partial charge >= 0.3 is 0 Å². The van der Waals surface area contributed by atoms with E-state index < -0.39 is 17.9 Å². The third-order valence-corrected chi connectivity index (χ3v) is 2.10. The van der Waals surface area contributed by atoms with Crippen molar-refractivity contribution in [2.45, 2.75) is 33.1 Å². The predicted octanol–water partition coefficient (Wildman–Crippen LogP) is 1.90. The Labute approximate surface area is 76.9 Å². The molecule has 13 heavy (non-hydrogen) atoms. The summed E-state index contributed by atoms with van der Waals surface area (Å²) in [4.78, 5) is 12.8. The summed E-state index contributed by atoms with van der Waals surface area (Å²) in [7, 11) is 0. The van der Waals surface area contributed by atoms with Crippen molar-refractivity contribution in [3.63, 3.8) is 0 Å². The fourth-order valence-electron chi connectivity index (χ4n) is 1.38. The lowest BCUT2D eigenvalue weighted by Gasteiger charge is -2.25. The first-order valence-corrected chi connectivity index (χ1v) is 4.40. The summed E-state index contributed by atoms with van der Waals surface area (Å²) in [5, 5.41) is 0. The van der Waals surface area contributed by atoms with Crippen molar-refractivity contribution in [2.24, 2.45) is 5.41 Å². The molecular formula is C9H15F2NO. The van der Waals surface area contributed by atoms with Gasteiger partial charge in [0.15, 0.2) is 0 Å². The summed E-state index contributed by atoms with van der Waals surface area (Å²) < 4.78 is 25.5. The molecule has 1 rings (SSSR count). The van der Waals surface area contributed by atoms with Crippen LogP contribution >= 0.6 is 0 Å². The molecule has 1 aliphatic heterocycles. The standard InChI is InChI=1S/C9H15F2NO/c1-8(2,3)7(13)12-5-4-9(10,11)6-12/h4-6H2,1-3H3. The highest BCUT2D eigenvalue weighted by Crippen LogP contribution is 2.29. The third kappa shape index (κ3) is 2.39. The second-order valence-corrected chi connectivity index (χ2v) is 4.58. The van der Waals surface area contributed by atoms with E-state index in [1.54, 1.807) is 20.8 Å². The van der Waals surface area contributed by atoms with Crippen molar-refractivity contribution >= 4 is 5.91 Å². The normalized spacial score (nSPS) is 22.1. The maximum absolute atomic E-state index is 12.7. The largest absolute Gasteiger partial charge is 0.336 e. The average Bonchev–Trinajstić information content (AvgIpc) is 2.26. The fraction of sp³-hybridized carbons (Fsp3) is 0.889. The van der Waals surface area contributed by atoms with Gasteiger partial charge in [0, 0.05) is 18.4 Å². The van der Waals surface area contributed by atoms with Crippen molar-refractivity contribution < 1.29 is 13.6 Å². The van der Waals surface area contributed by atoms with Crippen LogP contribution in [0.15, 0.2) is 0 Å². The molecule has 0 aromatic carbocycles. The van der Waals surface area contributed by atoms with E-state index in [0.717, 1.165) is 0 Å². The van der Waals surface area contributed by atoms with E-state index in [-0.39, 0.29) is 18.9 Å². The Hall–Kier alpha value is -0.670. The van der Waals surface area contributed by atoms with Gasteiger partial charge < -0.3 is 4.90 Å². The SMILES string of the molecule is CC(C)(C)C(=O)N1CCC(F)(F)C1. The molecule has 0 aliphatic carbocycles. The number of nitrogens with zero attached hydrogens (tertiary/aromatic N) is 1. The average molecular weight is 191 g/mol. The molecule has 0 aromatic heterocycles. The van der Waals surface area contributed by atoms with Crippen LogP contribution in [-0.4, -0.2) is 29.8 Å². The summed E-state index contributed by atoms with van der Waals surface area (Å²) in [5.41, 5.74) is -0.555. The Morgan fingerprint density at radius 3 is 2.23 bits per heavy atom. The molecule has 1 amide bonds. The molecule has 0 N–H and O–H groups in total. The van der Waals surface area contributed by atoms with Crippen LogP contribution in [0.25, 0.3) is 0 Å². The van der Waals surface area contributed by atoms with E-state index in [0.29, 0.717) is 0 Å². The van der Waals surface area contributed by atoms with E-state index in [4.69, 9.17) is 0 Å². The Balaban J connectivity index is 2.62. The molecule has 0 aromatic rings. The van der Waals surface area contributed by atoms with Crippen molar-refractivity contribution in [1.29, 1.82) is 0 Å². The lowest BCUT2D eigenvalue weighted by molar-refractivity contribution is -0.139. The number of hydrogen-bond acceptors (Lipinski definition) is 1. The molecule has 1 heterocycles. The van der Waals surface area contributed by atoms with Crippen molar-refractivity contribution in [3.05, 3.63) is 0 Å². The minimum Gasteiger partial charge on any atom is -0.336 e. The molecule has 4 heteroatoms. The topological polar surface area (TPSA) is 20.3 Å². The summed E-state index contributed by atoms with van der Waals surface area (Å²) in [6.45, 7) is 5.00. The smallest absolute Gasteiger partial charge is 0.267 e. The van der Waals surface area contributed by atoms with Gasteiger partial charge in [0.25, 0.3) is 5.92 Å². The maximum atomic E-state index is 12.7. The van der Waals surface area contributed by atoms with Gasteiger partial charge in [-0.1, -0.05) is 20.8 Å². The number of halogens is 2. The molecule has 0 atom stereocenters. The van der Waals surface area contributed by atoms with Crippen LogP contribution in [0.1, 0.15) is 27.2 Å². The molecule has 0 bridgehead atoms. The Morgan fingerprint density at radius 2 is 1.92 bits per heavy atom. The van der Waals surface area contributed by atoms with Gasteiger partial charge in [0.1, 0.15) is 0 Å². The zero-order chi connectivity index (χ0) is 10.3. The Morgan fingerprint density at radius 1 is 1.38 bits per heavy atom. The lowest BCUT2D eigenvalue weighted by atomic mass is 9.95. The number of alkyl halides is 2. The van der Waals surface area contributed by atoms with Crippen LogP contribution in [0.4, 0.5) is 8.78 Å². The van der Waals surface area contributed by atoms with E-state index in [1.807, 2.05) is 0 Å². The highest BCUT2D eigenvalue weighted by molar-refractivity contribution is 5.81. The van der Waals surface area contributed by atoms with Crippen LogP contribution in [0.3, 0.4) is 0 Å². The van der Waals surface area contributed by atoms with E-state index in [1.165, 1.54) is 4.90 Å². The highest BCUT2D eigenvalue weighted by atomic mass is 19.3. The summed E-state index contributed by atoms with van der Waals surface area (Å²) in [6.07, 6.45) is -0.200. The molecule has 1 fully saturated rings. The number of rotatable bonds is 0. The molecular weight excluding hydrogens is 176 g/mol. The number of likely N-dealkylation sites (tertiary alicyclic amines) is 1. The van der Waals surface area contributed by atoms with E-state index >= 15 is 0 Å². The molecule has 0 radical (unpaired) electrons. The third-order valence-electron chi connectivity index (χ3n) is 2.10. The van der Waals surface area contributed by atoms with Gasteiger partial charge in [-0.05, 0) is 0 Å². The van der Waals surface area contributed by atoms with Gasteiger partial charge in [0.2, 0.25) is 5.91 Å². The van der Waals surface area contributed by atoms with E-state index in [2.05, 4.69) is 0 Å². The zero-order valence-corrected chi connectivity index (χ0v) is 8.23. The van der Waals surface area contributed by atoms with Gasteiger partial charge in [0.05, 0.1) is 6.54 Å². The monoisotopic (exact) mass is 191 g/mol.